The summed E-state index contributed by atoms with van der Waals surface area (Å²) < 4.78 is 4.94. The SMILES string of the molecule is CC/C=C\CCOC(=O)CCC.CCCC/C=C\C(C)CC(=O)O. The molecule has 1 unspecified atom stereocenters. The van der Waals surface area contributed by atoms with E-state index >= 15 is 0 Å². The Hall–Kier alpha value is -1.58. The van der Waals surface area contributed by atoms with Gasteiger partial charge in [0.2, 0.25) is 0 Å². The molecule has 0 fully saturated rings. The van der Waals surface area contributed by atoms with Crippen LogP contribution in [0.1, 0.15) is 79.1 Å². The Labute approximate surface area is 148 Å². The largest absolute Gasteiger partial charge is 0.481 e. The van der Waals surface area contributed by atoms with Crippen molar-refractivity contribution in [2.24, 2.45) is 5.92 Å². The molecule has 140 valence electrons. The van der Waals surface area contributed by atoms with E-state index in [1.165, 1.54) is 12.8 Å². The van der Waals surface area contributed by atoms with Crippen molar-refractivity contribution in [2.75, 3.05) is 6.61 Å². The van der Waals surface area contributed by atoms with Crippen LogP contribution in [0.5, 0.6) is 0 Å². The minimum Gasteiger partial charge on any atom is -0.481 e. The van der Waals surface area contributed by atoms with Gasteiger partial charge in [0.1, 0.15) is 0 Å². The second-order valence-electron chi connectivity index (χ2n) is 5.78. The lowest BCUT2D eigenvalue weighted by Crippen LogP contribution is -2.04. The van der Waals surface area contributed by atoms with E-state index in [1.807, 2.05) is 26.0 Å². The average Bonchev–Trinajstić information content (AvgIpc) is 2.52. The number of hydrogen-bond donors (Lipinski definition) is 1. The molecule has 1 N–H and O–H groups in total. The monoisotopic (exact) mass is 340 g/mol. The molecule has 0 bridgehead atoms. The van der Waals surface area contributed by atoms with Gasteiger partial charge in [-0.1, -0.05) is 64.8 Å². The topological polar surface area (TPSA) is 63.6 Å². The first kappa shape index (κ1) is 24.7. The Morgan fingerprint density at radius 2 is 1.75 bits per heavy atom. The molecule has 0 aromatic rings. The number of esters is 1. The maximum atomic E-state index is 10.8. The van der Waals surface area contributed by atoms with Crippen LogP contribution >= 0.6 is 0 Å². The third-order valence-electron chi connectivity index (χ3n) is 3.09. The van der Waals surface area contributed by atoms with E-state index in [-0.39, 0.29) is 18.3 Å². The zero-order valence-corrected chi connectivity index (χ0v) is 15.9. The molecule has 4 nitrogen and oxygen atoms in total. The van der Waals surface area contributed by atoms with Crippen molar-refractivity contribution in [3.05, 3.63) is 24.3 Å². The van der Waals surface area contributed by atoms with E-state index in [2.05, 4.69) is 26.0 Å². The number of carboxylic acids is 1. The van der Waals surface area contributed by atoms with Crippen LogP contribution in [-0.2, 0) is 14.3 Å². The highest BCUT2D eigenvalue weighted by molar-refractivity contribution is 5.69. The quantitative estimate of drug-likeness (QED) is 0.288. The van der Waals surface area contributed by atoms with Gasteiger partial charge >= 0.3 is 11.9 Å². The van der Waals surface area contributed by atoms with E-state index in [0.29, 0.717) is 13.0 Å². The number of ether oxygens (including phenoxy) is 1. The van der Waals surface area contributed by atoms with E-state index < -0.39 is 5.97 Å². The van der Waals surface area contributed by atoms with Crippen molar-refractivity contribution >= 4 is 11.9 Å². The Kier molecular flexibility index (Phi) is 20.0. The first-order chi connectivity index (χ1) is 11.5. The molecule has 0 aliphatic rings. The molecule has 4 heteroatoms. The van der Waals surface area contributed by atoms with Gasteiger partial charge in [-0.3, -0.25) is 9.59 Å². The molecule has 0 aliphatic carbocycles. The summed E-state index contributed by atoms with van der Waals surface area (Å²) in [4.78, 5) is 21.1. The molecule has 0 saturated heterocycles. The highest BCUT2D eigenvalue weighted by Gasteiger charge is 2.02. The zero-order valence-electron chi connectivity index (χ0n) is 15.9. The third kappa shape index (κ3) is 22.7. The van der Waals surface area contributed by atoms with Crippen LogP contribution in [0.25, 0.3) is 0 Å². The molecule has 0 aromatic carbocycles. The maximum Gasteiger partial charge on any atom is 0.305 e. The number of hydrogen-bond acceptors (Lipinski definition) is 3. The molecule has 0 amide bonds. The molecule has 0 rings (SSSR count). The van der Waals surface area contributed by atoms with Crippen LogP contribution in [0.15, 0.2) is 24.3 Å². The molecule has 0 aliphatic heterocycles. The van der Waals surface area contributed by atoms with Gasteiger partial charge in [-0.2, -0.15) is 0 Å². The van der Waals surface area contributed by atoms with Gasteiger partial charge in [-0.05, 0) is 31.6 Å². The normalized spacial score (nSPS) is 12.0. The summed E-state index contributed by atoms with van der Waals surface area (Å²) >= 11 is 0. The van der Waals surface area contributed by atoms with Crippen LogP contribution in [0.4, 0.5) is 0 Å². The van der Waals surface area contributed by atoms with E-state index in [9.17, 15) is 9.59 Å². The second kappa shape index (κ2) is 19.5. The Morgan fingerprint density at radius 3 is 2.29 bits per heavy atom. The number of rotatable bonds is 12. The lowest BCUT2D eigenvalue weighted by Gasteiger charge is -2.00. The van der Waals surface area contributed by atoms with Crippen molar-refractivity contribution in [2.45, 2.75) is 79.1 Å². The molecule has 1 atom stereocenters. The number of carbonyl (C=O) groups is 2. The third-order valence-corrected chi connectivity index (χ3v) is 3.09. The number of carboxylic acid groups (broad SMARTS) is 1. The predicted octanol–water partition coefficient (Wildman–Crippen LogP) is 5.53. The van der Waals surface area contributed by atoms with Crippen molar-refractivity contribution < 1.29 is 19.4 Å². The lowest BCUT2D eigenvalue weighted by molar-refractivity contribution is -0.143. The average molecular weight is 341 g/mol. The number of unbranched alkanes of at least 4 members (excludes halogenated alkanes) is 2. The lowest BCUT2D eigenvalue weighted by atomic mass is 10.1. The summed E-state index contributed by atoms with van der Waals surface area (Å²) in [5, 5.41) is 8.45. The number of aliphatic carboxylic acids is 1. The fourth-order valence-corrected chi connectivity index (χ4v) is 1.80. The fourth-order valence-electron chi connectivity index (χ4n) is 1.80. The van der Waals surface area contributed by atoms with Crippen molar-refractivity contribution in [1.82, 2.24) is 0 Å². The van der Waals surface area contributed by atoms with Gasteiger partial charge in [0.05, 0.1) is 13.0 Å². The van der Waals surface area contributed by atoms with Crippen LogP contribution in [0, 0.1) is 5.92 Å². The van der Waals surface area contributed by atoms with Crippen LogP contribution < -0.4 is 0 Å². The van der Waals surface area contributed by atoms with E-state index in [4.69, 9.17) is 9.84 Å². The van der Waals surface area contributed by atoms with Gasteiger partial charge in [-0.25, -0.2) is 0 Å². The highest BCUT2D eigenvalue weighted by atomic mass is 16.5. The van der Waals surface area contributed by atoms with Crippen molar-refractivity contribution in [1.29, 1.82) is 0 Å². The van der Waals surface area contributed by atoms with Gasteiger partial charge in [-0.15, -0.1) is 0 Å². The zero-order chi connectivity index (χ0) is 18.6. The standard InChI is InChI=1S/2C10H18O2/c1-3-4-5-6-7-9(2)8-10(11)12;1-3-5-6-7-9-12-10(11)8-4-2/h6-7,9H,3-5,8H2,1-2H3,(H,11,12);5-6H,3-4,7-9H2,1-2H3/b7-6-;6-5-. The second-order valence-corrected chi connectivity index (χ2v) is 5.78. The number of carbonyl (C=O) groups excluding carboxylic acids is 1. The van der Waals surface area contributed by atoms with Gasteiger partial charge < -0.3 is 9.84 Å². The van der Waals surface area contributed by atoms with Crippen LogP contribution in [0.2, 0.25) is 0 Å². The number of allylic oxidation sites excluding steroid dienone is 3. The summed E-state index contributed by atoms with van der Waals surface area (Å²) in [5.41, 5.74) is 0. The van der Waals surface area contributed by atoms with Crippen molar-refractivity contribution in [3.63, 3.8) is 0 Å². The smallest absolute Gasteiger partial charge is 0.305 e. The fraction of sp³-hybridized carbons (Fsp3) is 0.700. The first-order valence-electron chi connectivity index (χ1n) is 9.16. The van der Waals surface area contributed by atoms with Crippen LogP contribution in [-0.4, -0.2) is 23.7 Å². The summed E-state index contributed by atoms with van der Waals surface area (Å²) in [6.07, 6.45) is 15.2. The van der Waals surface area contributed by atoms with Gasteiger partial charge in [0.25, 0.3) is 0 Å². The Balaban J connectivity index is 0. The molecule has 0 spiro atoms. The molecular formula is C20H36O4. The molecule has 0 heterocycles. The molecule has 0 saturated carbocycles. The Bertz CT molecular complexity index is 359. The molecule has 0 aromatic heterocycles. The predicted molar refractivity (Wildman–Crippen MR) is 100.0 cm³/mol. The summed E-state index contributed by atoms with van der Waals surface area (Å²) in [5.74, 6) is -0.635. The molecule has 24 heavy (non-hydrogen) atoms. The van der Waals surface area contributed by atoms with E-state index in [1.54, 1.807) is 0 Å². The maximum absolute atomic E-state index is 10.8. The summed E-state index contributed by atoms with van der Waals surface area (Å²) in [6.45, 7) is 8.65. The minimum atomic E-state index is -0.720. The minimum absolute atomic E-state index is 0.0811. The van der Waals surface area contributed by atoms with Crippen LogP contribution in [0.3, 0.4) is 0 Å². The summed E-state index contributed by atoms with van der Waals surface area (Å²) in [6, 6.07) is 0. The molecular weight excluding hydrogens is 304 g/mol. The van der Waals surface area contributed by atoms with Crippen molar-refractivity contribution in [3.8, 4) is 0 Å². The Morgan fingerprint density at radius 1 is 1.04 bits per heavy atom. The van der Waals surface area contributed by atoms with Gasteiger partial charge in [0.15, 0.2) is 0 Å². The van der Waals surface area contributed by atoms with E-state index in [0.717, 1.165) is 25.7 Å². The van der Waals surface area contributed by atoms with Gasteiger partial charge in [0, 0.05) is 6.42 Å². The highest BCUT2D eigenvalue weighted by Crippen LogP contribution is 2.05. The summed E-state index contributed by atoms with van der Waals surface area (Å²) in [7, 11) is 0. The first-order valence-corrected chi connectivity index (χ1v) is 9.16. The molecule has 0 radical (unpaired) electrons.